The summed E-state index contributed by atoms with van der Waals surface area (Å²) in [5.74, 6) is -1.42. The number of rotatable bonds is 9. The highest BCUT2D eigenvalue weighted by atomic mass is 35.5. The lowest BCUT2D eigenvalue weighted by molar-refractivity contribution is -0.335. The van der Waals surface area contributed by atoms with Gasteiger partial charge < -0.3 is 24.4 Å². The van der Waals surface area contributed by atoms with Crippen molar-refractivity contribution in [3.63, 3.8) is 0 Å². The Hall–Kier alpha value is -3.67. The third kappa shape index (κ3) is 6.29. The Kier molecular flexibility index (Phi) is 9.74. The number of ether oxygens (including phenoxy) is 3. The molecular weight excluding hydrogens is 717 g/mol. The molecule has 0 saturated carbocycles. The van der Waals surface area contributed by atoms with Crippen LogP contribution >= 0.6 is 11.6 Å². The maximum absolute atomic E-state index is 15.5. The highest BCUT2D eigenvalue weighted by Crippen LogP contribution is 2.55. The molecule has 0 bridgehead atoms. The number of hydrogen-bond donors (Lipinski definition) is 1. The quantitative estimate of drug-likeness (QED) is 0.408. The lowest BCUT2D eigenvalue weighted by Crippen LogP contribution is -2.65. The Morgan fingerprint density at radius 1 is 1.06 bits per heavy atom. The maximum atomic E-state index is 15.5. The van der Waals surface area contributed by atoms with Crippen molar-refractivity contribution in [2.24, 2.45) is 0 Å². The molecule has 0 radical (unpaired) electrons. The fourth-order valence-electron chi connectivity index (χ4n) is 7.38. The summed E-state index contributed by atoms with van der Waals surface area (Å²) < 4.78 is 86.1. The summed E-state index contributed by atoms with van der Waals surface area (Å²) in [7, 11) is 1.24. The third-order valence-electron chi connectivity index (χ3n) is 9.91. The summed E-state index contributed by atoms with van der Waals surface area (Å²) in [5, 5.41) is 9.23. The van der Waals surface area contributed by atoms with Crippen LogP contribution in [0.2, 0.25) is 5.02 Å². The number of amides is 2. The van der Waals surface area contributed by atoms with Crippen molar-refractivity contribution in [2.45, 2.75) is 54.8 Å². The van der Waals surface area contributed by atoms with Crippen molar-refractivity contribution >= 4 is 39.1 Å². The van der Waals surface area contributed by atoms with Crippen molar-refractivity contribution in [1.29, 1.82) is 0 Å². The van der Waals surface area contributed by atoms with Crippen LogP contribution in [0.15, 0.2) is 60.4 Å². The standard InChI is InChI=1S/C34H38ClF3N4O8S/c1-19-6-10-28(49-5)25(12-19)33(41-18-22(43)14-27(41)31(44)40-16-21(17-40)39(2)3)24-13-20(35)7-9-26(24)42(32(33)45)51(46,47)30-11-8-23(48-4)15-29(30)50-34(36,37)38/h6-13,15,21-22,27,29-30,43H,14,16-18H2,1-5H3/t22-,27+,29?,30?,33?/m1/s1. The molecule has 1 aliphatic carbocycles. The number of likely N-dealkylation sites (tertiary alicyclic amines) is 2. The van der Waals surface area contributed by atoms with E-state index in [1.807, 2.05) is 19.0 Å². The zero-order valence-corrected chi connectivity index (χ0v) is 30.0. The van der Waals surface area contributed by atoms with E-state index in [0.29, 0.717) is 23.0 Å². The molecule has 1 N–H and O–H groups in total. The molecule has 17 heteroatoms. The number of nitrogens with zero attached hydrogens (tertiary/aromatic N) is 4. The monoisotopic (exact) mass is 754 g/mol. The number of fused-ring (bicyclic) bond motifs is 1. The number of allylic oxidation sites excluding steroid dienone is 1. The first kappa shape index (κ1) is 37.1. The second-order valence-corrected chi connectivity index (χ2v) is 15.6. The molecule has 3 aliphatic heterocycles. The van der Waals surface area contributed by atoms with Gasteiger partial charge in [-0.2, -0.15) is 0 Å². The summed E-state index contributed by atoms with van der Waals surface area (Å²) in [5.41, 5.74) is -1.52. The molecule has 12 nitrogen and oxygen atoms in total. The molecule has 51 heavy (non-hydrogen) atoms. The smallest absolute Gasteiger partial charge is 0.497 e. The van der Waals surface area contributed by atoms with Gasteiger partial charge in [-0.1, -0.05) is 29.3 Å². The van der Waals surface area contributed by atoms with Crippen LogP contribution in [0.5, 0.6) is 5.75 Å². The van der Waals surface area contributed by atoms with Crippen LogP contribution in [0.1, 0.15) is 23.1 Å². The van der Waals surface area contributed by atoms with Crippen LogP contribution in [0.3, 0.4) is 0 Å². The number of sulfonamides is 1. The average molecular weight is 755 g/mol. The molecule has 2 aromatic carbocycles. The molecular formula is C34H38ClF3N4O8S. The largest absolute Gasteiger partial charge is 0.523 e. The second kappa shape index (κ2) is 13.4. The van der Waals surface area contributed by atoms with Gasteiger partial charge in [-0.3, -0.25) is 19.2 Å². The Bertz CT molecular complexity index is 1900. The number of aryl methyl sites for hydroxylation is 1. The molecule has 276 valence electrons. The second-order valence-electron chi connectivity index (χ2n) is 13.2. The molecule has 3 heterocycles. The van der Waals surface area contributed by atoms with Crippen molar-refractivity contribution in [3.05, 3.63) is 82.1 Å². The number of alkyl halides is 3. The van der Waals surface area contributed by atoms with Gasteiger partial charge in [0, 0.05) is 41.8 Å². The van der Waals surface area contributed by atoms with Gasteiger partial charge in [-0.05, 0) is 69.9 Å². The molecule has 5 atom stereocenters. The third-order valence-corrected chi connectivity index (χ3v) is 12.1. The summed E-state index contributed by atoms with van der Waals surface area (Å²) in [6.07, 6.45) is -5.56. The SMILES string of the molecule is COC1=CC(OC(F)(F)F)C(S(=O)(=O)N2C(=O)C(c3cc(C)ccc3OC)(N3C[C@H](O)C[C@H]3C(=O)N3CC(N(C)C)C3)c3cc(Cl)ccc32)C=C1. The van der Waals surface area contributed by atoms with Gasteiger partial charge in [-0.25, -0.2) is 12.7 Å². The number of carbonyl (C=O) groups is 2. The van der Waals surface area contributed by atoms with Crippen molar-refractivity contribution in [1.82, 2.24) is 14.7 Å². The van der Waals surface area contributed by atoms with Crippen molar-refractivity contribution < 1.29 is 50.5 Å². The van der Waals surface area contributed by atoms with E-state index in [0.717, 1.165) is 12.2 Å². The minimum Gasteiger partial charge on any atom is -0.497 e. The van der Waals surface area contributed by atoms with E-state index in [2.05, 4.69) is 4.74 Å². The van der Waals surface area contributed by atoms with Gasteiger partial charge in [0.05, 0.1) is 32.1 Å². The average Bonchev–Trinajstić information content (AvgIpc) is 3.53. The topological polar surface area (TPSA) is 129 Å². The lowest BCUT2D eigenvalue weighted by atomic mass is 9.80. The van der Waals surface area contributed by atoms with E-state index in [1.54, 1.807) is 30.0 Å². The number of aliphatic hydroxyl groups is 1. The van der Waals surface area contributed by atoms with Crippen molar-refractivity contribution in [3.8, 4) is 5.75 Å². The molecule has 3 unspecified atom stereocenters. The molecule has 4 aliphatic rings. The minimum atomic E-state index is -5.25. The van der Waals surface area contributed by atoms with E-state index < -0.39 is 51.3 Å². The van der Waals surface area contributed by atoms with Gasteiger partial charge in [0.15, 0.2) is 5.54 Å². The summed E-state index contributed by atoms with van der Waals surface area (Å²) >= 11 is 6.56. The lowest BCUT2D eigenvalue weighted by Gasteiger charge is -2.47. The zero-order valence-electron chi connectivity index (χ0n) is 28.4. The van der Waals surface area contributed by atoms with Gasteiger partial charge >= 0.3 is 6.36 Å². The van der Waals surface area contributed by atoms with Crippen LogP contribution in [-0.2, 0) is 34.6 Å². The number of β-amino-alcohol motifs (C(OH)–C–C–N with tert-alkyl or cyclic N) is 1. The van der Waals surface area contributed by atoms with E-state index >= 15 is 4.79 Å². The number of likely N-dealkylation sites (N-methyl/N-ethyl adjacent to an activating group) is 1. The number of anilines is 1. The molecule has 2 aromatic rings. The van der Waals surface area contributed by atoms with Crippen LogP contribution in [-0.4, -0.2) is 124 Å². The number of halogens is 4. The van der Waals surface area contributed by atoms with E-state index in [-0.39, 0.29) is 58.3 Å². The van der Waals surface area contributed by atoms with Crippen LogP contribution in [0, 0.1) is 6.92 Å². The van der Waals surface area contributed by atoms with E-state index in [1.165, 1.54) is 43.4 Å². The van der Waals surface area contributed by atoms with Gasteiger partial charge in [0.25, 0.3) is 15.9 Å². The summed E-state index contributed by atoms with van der Waals surface area (Å²) in [4.78, 5) is 34.8. The Morgan fingerprint density at radius 2 is 1.76 bits per heavy atom. The molecule has 2 fully saturated rings. The van der Waals surface area contributed by atoms with Gasteiger partial charge in [-0.15, -0.1) is 13.2 Å². The van der Waals surface area contributed by atoms with Crippen LogP contribution in [0.4, 0.5) is 18.9 Å². The normalized spacial score (nSPS) is 27.1. The molecule has 0 spiro atoms. The summed E-state index contributed by atoms with van der Waals surface area (Å²) in [6, 6.07) is 7.96. The number of benzene rings is 2. The number of methoxy groups -OCH3 is 2. The first-order valence-corrected chi connectivity index (χ1v) is 17.9. The van der Waals surface area contributed by atoms with Gasteiger partial charge in [0.2, 0.25) is 5.91 Å². The highest BCUT2D eigenvalue weighted by Gasteiger charge is 2.65. The maximum Gasteiger partial charge on any atom is 0.523 e. The molecule has 2 amide bonds. The minimum absolute atomic E-state index is 0.0374. The predicted molar refractivity (Wildman–Crippen MR) is 180 cm³/mol. The molecule has 2 saturated heterocycles. The van der Waals surface area contributed by atoms with Crippen molar-refractivity contribution in [2.75, 3.05) is 52.3 Å². The molecule has 0 aromatic heterocycles. The first-order valence-electron chi connectivity index (χ1n) is 16.1. The first-order chi connectivity index (χ1) is 23.9. The predicted octanol–water partition coefficient (Wildman–Crippen LogP) is 3.16. The zero-order chi connectivity index (χ0) is 37.2. The Balaban J connectivity index is 1.58. The number of aliphatic hydroxyl groups excluding tert-OH is 1. The Labute approximate surface area is 298 Å². The summed E-state index contributed by atoms with van der Waals surface area (Å²) in [6.45, 7) is 2.30. The fraction of sp³-hybridized carbons (Fsp3) is 0.471. The van der Waals surface area contributed by atoms with E-state index in [4.69, 9.17) is 21.1 Å². The molecule has 6 rings (SSSR count). The highest BCUT2D eigenvalue weighted by molar-refractivity contribution is 7.94. The number of hydrogen-bond acceptors (Lipinski definition) is 10. The fourth-order valence-corrected chi connectivity index (χ4v) is 9.34. The Morgan fingerprint density at radius 3 is 2.39 bits per heavy atom. The van der Waals surface area contributed by atoms with Crippen LogP contribution in [0.25, 0.3) is 0 Å². The van der Waals surface area contributed by atoms with E-state index in [9.17, 15) is 31.5 Å². The van der Waals surface area contributed by atoms with Crippen LogP contribution < -0.4 is 9.04 Å². The van der Waals surface area contributed by atoms with Gasteiger partial charge in [0.1, 0.15) is 22.9 Å². The number of carbonyl (C=O) groups excluding carboxylic acids is 2.